The third-order valence-electron chi connectivity index (χ3n) is 8.16. The molecule has 0 spiro atoms. The Balaban J connectivity index is 0.000000238. The fraction of sp³-hybridized carbons (Fsp3) is 0.0909. The molecule has 3 aromatic carbocycles. The predicted molar refractivity (Wildman–Crippen MR) is 220 cm³/mol. The van der Waals surface area contributed by atoms with E-state index in [-0.39, 0.29) is 68.9 Å². The van der Waals surface area contributed by atoms with Crippen LogP contribution in [0.5, 0.6) is 0 Å². The van der Waals surface area contributed by atoms with Crippen LogP contribution in [0, 0.1) is 72.9 Å². The Morgan fingerprint density at radius 1 is 0.476 bits per heavy atom. The van der Waals surface area contributed by atoms with E-state index < -0.39 is 17.9 Å². The fourth-order valence-corrected chi connectivity index (χ4v) is 5.44. The van der Waals surface area contributed by atoms with Crippen molar-refractivity contribution in [3.05, 3.63) is 143 Å². The average Bonchev–Trinajstić information content (AvgIpc) is 3.98. The molecule has 315 valence electrons. The maximum atomic E-state index is 10.8. The number of aryl methyl sites for hydroxylation is 3. The Labute approximate surface area is 390 Å². The molecule has 0 saturated heterocycles. The first-order valence-electron chi connectivity index (χ1n) is 17.8. The Hall–Kier alpha value is -7.31. The molecule has 0 saturated carbocycles. The molecule has 0 amide bonds. The van der Waals surface area contributed by atoms with Gasteiger partial charge >= 0.3 is 40.8 Å². The zero-order valence-corrected chi connectivity index (χ0v) is 37.1. The molecule has 9 rings (SSSR count). The van der Waals surface area contributed by atoms with Crippen molar-refractivity contribution in [1.29, 1.82) is 5.26 Å². The summed E-state index contributed by atoms with van der Waals surface area (Å²) in [6, 6.07) is 32.4. The molecule has 0 atom stereocenters. The van der Waals surface area contributed by atoms with Gasteiger partial charge in [0, 0.05) is 6.92 Å². The van der Waals surface area contributed by atoms with Crippen LogP contribution in [0.3, 0.4) is 0 Å². The topological polar surface area (TPSA) is 327 Å². The number of carbonyl (C=O) groups is 3. The van der Waals surface area contributed by atoms with Crippen LogP contribution in [0.25, 0.3) is 68.1 Å². The van der Waals surface area contributed by atoms with E-state index in [1.807, 2.05) is 75.4 Å². The van der Waals surface area contributed by atoms with E-state index in [1.54, 1.807) is 42.5 Å². The molecule has 0 unspecified atom stereocenters. The summed E-state index contributed by atoms with van der Waals surface area (Å²) in [5.41, 5.74) is 7.98. The van der Waals surface area contributed by atoms with Crippen LogP contribution in [0.2, 0.25) is 0 Å². The smallest absolute Gasteiger partial charge is 0.543 e. The number of fused-ring (bicyclic) bond motifs is 3. The van der Waals surface area contributed by atoms with Gasteiger partial charge in [0.05, 0.1) is 41.1 Å². The summed E-state index contributed by atoms with van der Waals surface area (Å²) in [7, 11) is 0. The second kappa shape index (κ2) is 22.5. The van der Waals surface area contributed by atoms with Gasteiger partial charge < -0.3 is 53.9 Å². The van der Waals surface area contributed by atoms with Crippen LogP contribution >= 0.6 is 0 Å². The van der Waals surface area contributed by atoms with Crippen molar-refractivity contribution in [2.24, 2.45) is 0 Å². The Kier molecular flexibility index (Phi) is 17.9. The molecular formula is C44H36N7NdO11+2. The zero-order valence-electron chi connectivity index (χ0n) is 33.9. The molecule has 63 heavy (non-hydrogen) atoms. The summed E-state index contributed by atoms with van der Waals surface area (Å²) in [6.07, 6.45) is 0. The summed E-state index contributed by atoms with van der Waals surface area (Å²) in [4.78, 5) is 57.1. The van der Waals surface area contributed by atoms with Gasteiger partial charge in [-0.05, 0) is 110 Å². The number of aromatic carboxylic acids is 3. The van der Waals surface area contributed by atoms with E-state index in [4.69, 9.17) is 18.5 Å². The van der Waals surface area contributed by atoms with Crippen molar-refractivity contribution in [3.8, 4) is 40.8 Å². The van der Waals surface area contributed by atoms with Crippen LogP contribution in [-0.2, 0) is 11.0 Å². The first kappa shape index (κ1) is 50.0. The van der Waals surface area contributed by atoms with Crippen molar-refractivity contribution < 1.29 is 94.7 Å². The second-order valence-corrected chi connectivity index (χ2v) is 12.8. The SMILES string of the molecule is CC#N.Cc1ccc2oc(-c3cccc(C(=O)[O-])n3)nc2c1.Cc1ccc2oc(-c3cccc(C(=O)[O-])n3)nc2c1.Cc1ccc2oc(-c3cccc(C(=O)[O-])n3)nc2c1.[Nd+3].[OH3+].[OH3+]. The first-order valence-corrected chi connectivity index (χ1v) is 17.8. The summed E-state index contributed by atoms with van der Waals surface area (Å²) >= 11 is 0. The molecule has 18 nitrogen and oxygen atoms in total. The molecular weight excluding hydrogens is 947 g/mol. The predicted octanol–water partition coefficient (Wildman–Crippen LogP) is 3.37. The van der Waals surface area contributed by atoms with Gasteiger partial charge in [0.15, 0.2) is 16.7 Å². The molecule has 9 aromatic rings. The van der Waals surface area contributed by atoms with Crippen LogP contribution in [-0.4, -0.2) is 47.8 Å². The Bertz CT molecular complexity index is 2770. The number of nitriles is 1. The molecule has 6 heterocycles. The molecule has 19 heteroatoms. The molecule has 1 radical (unpaired) electrons. The normalized spacial score (nSPS) is 9.89. The van der Waals surface area contributed by atoms with Gasteiger partial charge in [-0.3, -0.25) is 0 Å². The summed E-state index contributed by atoms with van der Waals surface area (Å²) in [5.74, 6) is -3.09. The molecule has 0 bridgehead atoms. The fourth-order valence-electron chi connectivity index (χ4n) is 5.44. The number of hydrogen-bond acceptors (Lipinski definition) is 16. The zero-order chi connectivity index (χ0) is 42.9. The molecule has 0 aliphatic carbocycles. The average molecular weight is 983 g/mol. The quantitative estimate of drug-likeness (QED) is 0.216. The van der Waals surface area contributed by atoms with E-state index in [0.717, 1.165) is 33.2 Å². The van der Waals surface area contributed by atoms with E-state index in [1.165, 1.54) is 25.1 Å². The van der Waals surface area contributed by atoms with Gasteiger partial charge in [0.25, 0.3) is 0 Å². The second-order valence-electron chi connectivity index (χ2n) is 12.8. The van der Waals surface area contributed by atoms with Gasteiger partial charge in [0.1, 0.15) is 33.6 Å². The van der Waals surface area contributed by atoms with Gasteiger partial charge in [-0.2, -0.15) is 5.26 Å². The monoisotopic (exact) mass is 980 g/mol. The first-order chi connectivity index (χ1) is 28.8. The molecule has 6 N–H and O–H groups in total. The van der Waals surface area contributed by atoms with Gasteiger partial charge in [-0.15, -0.1) is 0 Å². The third-order valence-corrected chi connectivity index (χ3v) is 8.16. The number of rotatable bonds is 6. The summed E-state index contributed by atoms with van der Waals surface area (Å²) in [6.45, 7) is 7.31. The van der Waals surface area contributed by atoms with Crippen LogP contribution in [0.15, 0.2) is 122 Å². The number of aromatic nitrogens is 6. The van der Waals surface area contributed by atoms with Gasteiger partial charge in [0.2, 0.25) is 17.7 Å². The number of oxazole rings is 3. The van der Waals surface area contributed by atoms with Gasteiger partial charge in [-0.1, -0.05) is 36.4 Å². The molecule has 0 fully saturated rings. The van der Waals surface area contributed by atoms with Crippen molar-refractivity contribution in [3.63, 3.8) is 0 Å². The van der Waals surface area contributed by atoms with Crippen molar-refractivity contribution in [2.75, 3.05) is 0 Å². The van der Waals surface area contributed by atoms with Crippen LogP contribution < -0.4 is 15.3 Å². The van der Waals surface area contributed by atoms with E-state index >= 15 is 0 Å². The van der Waals surface area contributed by atoms with E-state index in [9.17, 15) is 29.7 Å². The van der Waals surface area contributed by atoms with Crippen molar-refractivity contribution in [2.45, 2.75) is 27.7 Å². The maximum absolute atomic E-state index is 10.8. The van der Waals surface area contributed by atoms with Crippen molar-refractivity contribution >= 4 is 51.2 Å². The van der Waals surface area contributed by atoms with Gasteiger partial charge in [-0.25, -0.2) is 29.9 Å². The minimum absolute atomic E-state index is 0. The number of nitrogens with zero attached hydrogens (tertiary/aromatic N) is 7. The number of hydrogen-bond donors (Lipinski definition) is 0. The number of carboxylic acids is 3. The minimum atomic E-state index is -1.33. The van der Waals surface area contributed by atoms with Crippen molar-refractivity contribution in [1.82, 2.24) is 29.9 Å². The minimum Gasteiger partial charge on any atom is -0.543 e. The summed E-state index contributed by atoms with van der Waals surface area (Å²) in [5, 5.41) is 39.6. The number of benzene rings is 3. The Morgan fingerprint density at radius 2 is 0.730 bits per heavy atom. The Morgan fingerprint density at radius 3 is 0.968 bits per heavy atom. The number of carboxylic acid groups (broad SMARTS) is 3. The molecule has 0 aliphatic heterocycles. The summed E-state index contributed by atoms with van der Waals surface area (Å²) < 4.78 is 16.7. The largest absolute Gasteiger partial charge is 3.00 e. The third kappa shape index (κ3) is 12.6. The molecule has 6 aromatic heterocycles. The number of carbonyl (C=O) groups excluding carboxylic acids is 3. The maximum Gasteiger partial charge on any atom is 3.00 e. The van der Waals surface area contributed by atoms with Crippen LogP contribution in [0.1, 0.15) is 55.1 Å². The van der Waals surface area contributed by atoms with E-state index in [0.29, 0.717) is 51.5 Å². The van der Waals surface area contributed by atoms with E-state index in [2.05, 4.69) is 29.9 Å². The van der Waals surface area contributed by atoms with Crippen LogP contribution in [0.4, 0.5) is 0 Å². The molecule has 0 aliphatic rings. The number of pyridine rings is 3. The standard InChI is InChI=1S/3C14H10N2O3.C2H3N.Nd.2H2O/c3*1-8-5-6-12-11(7-8)16-13(19-12)9-3-2-4-10(15-9)14(17)18;1-2-3;;;/h3*2-7H,1H3,(H,17,18);1H3;;2*1H2/q;;;;+3;;/p-1.